The van der Waals surface area contributed by atoms with Gasteiger partial charge in [-0.05, 0) is 5.57 Å². The maximum Gasteiger partial charge on any atom is 0.352 e. The molecule has 4 rings (SSSR count). The molecule has 2 amide bonds. The third-order valence-corrected chi connectivity index (χ3v) is 8.55. The Hall–Kier alpha value is -2.75. The molecule has 0 aliphatic carbocycles. The standard InChI is InChI=1S/C18H16ClN5O7S3/c1-30-23-10(7-5-34-18(20)21-7)13(25)22-11-14(26)24-12(16(27)28)6(4-33-15(11)24)3-32-8-2-31-17(29)9(8)19/h5,11,15H,2-4H2,1H3,(H2,20,21)(H,22,25)(H,27,28)/b23-10-/t11-,15+/m1/s1. The van der Waals surface area contributed by atoms with E-state index in [1.807, 2.05) is 0 Å². The van der Waals surface area contributed by atoms with E-state index in [4.69, 9.17) is 26.9 Å². The summed E-state index contributed by atoms with van der Waals surface area (Å²) in [4.78, 5) is 59.4. The second kappa shape index (κ2) is 9.85. The molecule has 0 unspecified atom stereocenters. The van der Waals surface area contributed by atoms with E-state index in [9.17, 15) is 24.3 Å². The largest absolute Gasteiger partial charge is 0.477 e. The van der Waals surface area contributed by atoms with Crippen LogP contribution in [-0.4, -0.2) is 81.1 Å². The predicted octanol–water partition coefficient (Wildman–Crippen LogP) is 0.555. The first kappa shape index (κ1) is 24.4. The monoisotopic (exact) mass is 545 g/mol. The number of fused-ring (bicyclic) bond motifs is 1. The number of aromatic nitrogens is 1. The number of β-lactam (4-membered cyclic amide) rings is 1. The highest BCUT2D eigenvalue weighted by molar-refractivity contribution is 8.03. The third-order valence-electron chi connectivity index (χ3n) is 4.88. The molecule has 4 heterocycles. The third kappa shape index (κ3) is 4.47. The van der Waals surface area contributed by atoms with Crippen LogP contribution in [0.4, 0.5) is 5.13 Å². The fourth-order valence-electron chi connectivity index (χ4n) is 3.35. The summed E-state index contributed by atoms with van der Waals surface area (Å²) in [6.07, 6.45) is 0. The number of carbonyl (C=O) groups is 4. The zero-order chi connectivity index (χ0) is 24.6. The molecule has 2 atom stereocenters. The lowest BCUT2D eigenvalue weighted by Crippen LogP contribution is -2.71. The topological polar surface area (TPSA) is 174 Å². The summed E-state index contributed by atoms with van der Waals surface area (Å²) in [6.45, 7) is 0.0283. The predicted molar refractivity (Wildman–Crippen MR) is 126 cm³/mol. The molecule has 180 valence electrons. The van der Waals surface area contributed by atoms with Crippen LogP contribution < -0.4 is 11.1 Å². The van der Waals surface area contributed by atoms with Crippen LogP contribution in [-0.2, 0) is 28.8 Å². The summed E-state index contributed by atoms with van der Waals surface area (Å²) in [5.41, 5.74) is 5.99. The maximum atomic E-state index is 12.9. The Kier molecular flexibility index (Phi) is 7.06. The second-order valence-corrected chi connectivity index (χ2v) is 10.4. The van der Waals surface area contributed by atoms with Crippen LogP contribution in [0.3, 0.4) is 0 Å². The Balaban J connectivity index is 1.49. The van der Waals surface area contributed by atoms with Crippen molar-refractivity contribution in [2.24, 2.45) is 5.16 Å². The molecule has 34 heavy (non-hydrogen) atoms. The number of oxime groups is 1. The highest BCUT2D eigenvalue weighted by atomic mass is 35.5. The zero-order valence-corrected chi connectivity index (χ0v) is 20.5. The van der Waals surface area contributed by atoms with Crippen LogP contribution in [0.15, 0.2) is 31.7 Å². The number of aliphatic carboxylic acids is 1. The summed E-state index contributed by atoms with van der Waals surface area (Å²) in [6, 6.07) is -0.961. The Labute approximate surface area is 209 Å². The van der Waals surface area contributed by atoms with Gasteiger partial charge >= 0.3 is 11.9 Å². The zero-order valence-electron chi connectivity index (χ0n) is 17.3. The van der Waals surface area contributed by atoms with Crippen molar-refractivity contribution in [3.63, 3.8) is 0 Å². The number of esters is 1. The van der Waals surface area contributed by atoms with E-state index >= 15 is 0 Å². The molecule has 3 aliphatic heterocycles. The number of halogens is 1. The number of carbonyl (C=O) groups excluding carboxylic acids is 3. The minimum Gasteiger partial charge on any atom is -0.477 e. The van der Waals surface area contributed by atoms with Crippen molar-refractivity contribution in [2.75, 3.05) is 31.0 Å². The van der Waals surface area contributed by atoms with Gasteiger partial charge in [-0.15, -0.1) is 34.9 Å². The van der Waals surface area contributed by atoms with Gasteiger partial charge < -0.3 is 25.7 Å². The number of hydrogen-bond donors (Lipinski definition) is 3. The molecule has 0 bridgehead atoms. The molecule has 0 aromatic carbocycles. The highest BCUT2D eigenvalue weighted by Crippen LogP contribution is 2.42. The average molecular weight is 546 g/mol. The fraction of sp³-hybridized carbons (Fsp3) is 0.333. The van der Waals surface area contributed by atoms with Gasteiger partial charge in [0, 0.05) is 21.8 Å². The van der Waals surface area contributed by atoms with E-state index in [1.54, 1.807) is 0 Å². The molecule has 3 aliphatic rings. The molecule has 1 aromatic rings. The lowest BCUT2D eigenvalue weighted by molar-refractivity contribution is -0.150. The number of carboxylic acids is 1. The number of carboxylic acid groups (broad SMARTS) is 1. The van der Waals surface area contributed by atoms with Gasteiger partial charge in [-0.3, -0.25) is 14.5 Å². The number of amides is 2. The van der Waals surface area contributed by atoms with E-state index in [0.717, 1.165) is 16.2 Å². The second-order valence-electron chi connectivity index (χ2n) is 6.91. The minimum absolute atomic E-state index is 0.0259. The summed E-state index contributed by atoms with van der Waals surface area (Å²) < 4.78 is 4.84. The number of cyclic esters (lactones) is 1. The van der Waals surface area contributed by atoms with Crippen molar-refractivity contribution in [2.45, 2.75) is 11.4 Å². The molecule has 0 spiro atoms. The van der Waals surface area contributed by atoms with E-state index in [0.29, 0.717) is 16.2 Å². The number of thiazole rings is 1. The van der Waals surface area contributed by atoms with Gasteiger partial charge in [0.15, 0.2) is 10.8 Å². The SMILES string of the molecule is CO/N=C(\C(=O)N[C@@H]1C(=O)N2C(C(=O)O)=C(CSC3=C(Cl)C(=O)OC3)CS[C@@H]12)c1csc(N)n1. The van der Waals surface area contributed by atoms with Gasteiger partial charge in [0.05, 0.1) is 0 Å². The number of hydrogen-bond acceptors (Lipinski definition) is 12. The number of ether oxygens (including phenoxy) is 1. The number of anilines is 1. The molecule has 12 nitrogen and oxygen atoms in total. The number of thioether (sulfide) groups is 2. The quantitative estimate of drug-likeness (QED) is 0.180. The molecule has 4 N–H and O–H groups in total. The van der Waals surface area contributed by atoms with Crippen molar-refractivity contribution in [3.05, 3.63) is 32.3 Å². The Morgan fingerprint density at radius 3 is 2.85 bits per heavy atom. The molecule has 1 saturated heterocycles. The van der Waals surface area contributed by atoms with Gasteiger partial charge in [-0.1, -0.05) is 16.8 Å². The van der Waals surface area contributed by atoms with Crippen LogP contribution in [0.2, 0.25) is 0 Å². The molecular weight excluding hydrogens is 530 g/mol. The van der Waals surface area contributed by atoms with Crippen molar-refractivity contribution in [1.29, 1.82) is 0 Å². The lowest BCUT2D eigenvalue weighted by Gasteiger charge is -2.49. The van der Waals surface area contributed by atoms with Gasteiger partial charge in [0.1, 0.15) is 41.6 Å². The summed E-state index contributed by atoms with van der Waals surface area (Å²) in [7, 11) is 1.26. The van der Waals surface area contributed by atoms with Crippen LogP contribution in [0, 0.1) is 0 Å². The Bertz CT molecular complexity index is 1180. The molecule has 0 saturated carbocycles. The van der Waals surface area contributed by atoms with E-state index < -0.39 is 35.2 Å². The number of nitrogens with zero attached hydrogens (tertiary/aromatic N) is 3. The summed E-state index contributed by atoms with van der Waals surface area (Å²) in [5, 5.41) is 17.2. The molecule has 0 radical (unpaired) electrons. The molecule has 16 heteroatoms. The van der Waals surface area contributed by atoms with Crippen molar-refractivity contribution in [3.8, 4) is 0 Å². The highest BCUT2D eigenvalue weighted by Gasteiger charge is 2.54. The number of nitrogens with one attached hydrogen (secondary N) is 1. The number of rotatable bonds is 8. The van der Waals surface area contributed by atoms with Gasteiger partial charge in [-0.25, -0.2) is 14.6 Å². The Morgan fingerprint density at radius 2 is 2.26 bits per heavy atom. The summed E-state index contributed by atoms with van der Waals surface area (Å²) in [5.74, 6) is -2.66. The first-order chi connectivity index (χ1) is 16.2. The van der Waals surface area contributed by atoms with Crippen LogP contribution >= 0.6 is 46.5 Å². The van der Waals surface area contributed by atoms with E-state index in [1.165, 1.54) is 36.0 Å². The van der Waals surface area contributed by atoms with Crippen LogP contribution in [0.1, 0.15) is 5.69 Å². The first-order valence-electron chi connectivity index (χ1n) is 9.44. The Morgan fingerprint density at radius 1 is 1.50 bits per heavy atom. The van der Waals surface area contributed by atoms with Crippen molar-refractivity contribution >= 4 is 81.1 Å². The van der Waals surface area contributed by atoms with Crippen LogP contribution in [0.5, 0.6) is 0 Å². The summed E-state index contributed by atoms with van der Waals surface area (Å²) >= 11 is 9.51. The van der Waals surface area contributed by atoms with E-state index in [-0.39, 0.29) is 39.6 Å². The van der Waals surface area contributed by atoms with Gasteiger partial charge in [-0.2, -0.15) is 0 Å². The maximum absolute atomic E-state index is 12.9. The molecular formula is C18H16ClN5O7S3. The van der Waals surface area contributed by atoms with Gasteiger partial charge in [0.25, 0.3) is 11.8 Å². The number of nitrogen functional groups attached to an aromatic ring is 1. The lowest BCUT2D eigenvalue weighted by atomic mass is 10.0. The minimum atomic E-state index is -1.27. The molecule has 1 aromatic heterocycles. The smallest absolute Gasteiger partial charge is 0.352 e. The number of nitrogens with two attached hydrogens (primary N) is 1. The van der Waals surface area contributed by atoms with Crippen molar-refractivity contribution < 1.29 is 33.9 Å². The average Bonchev–Trinajstić information content (AvgIpc) is 3.38. The normalized spacial score (nSPS) is 22.4. The van der Waals surface area contributed by atoms with Gasteiger partial charge in [0.2, 0.25) is 0 Å². The first-order valence-corrected chi connectivity index (χ1v) is 12.7. The fourth-order valence-corrected chi connectivity index (χ4v) is 6.58. The molecule has 1 fully saturated rings. The van der Waals surface area contributed by atoms with Crippen LogP contribution in [0.25, 0.3) is 0 Å². The van der Waals surface area contributed by atoms with E-state index in [2.05, 4.69) is 15.5 Å². The van der Waals surface area contributed by atoms with Crippen molar-refractivity contribution in [1.82, 2.24) is 15.2 Å².